The second-order valence-corrected chi connectivity index (χ2v) is 6.10. The molecule has 102 valence electrons. The second kappa shape index (κ2) is 6.88. The molecule has 1 nitrogen and oxygen atoms in total. The van der Waals surface area contributed by atoms with E-state index in [1.807, 2.05) is 11.3 Å². The van der Waals surface area contributed by atoms with Gasteiger partial charge in [0.1, 0.15) is 0 Å². The molecule has 0 spiro atoms. The highest BCUT2D eigenvalue weighted by Gasteiger charge is 2.16. The fourth-order valence-electron chi connectivity index (χ4n) is 2.30. The van der Waals surface area contributed by atoms with Crippen molar-refractivity contribution in [2.45, 2.75) is 39.7 Å². The Hall–Kier alpha value is -1.12. The maximum absolute atomic E-state index is 3.69. The molecular formula is C17H23NS. The van der Waals surface area contributed by atoms with Gasteiger partial charge in [-0.1, -0.05) is 38.1 Å². The quantitative estimate of drug-likeness (QED) is 0.804. The largest absolute Gasteiger partial charge is 0.306 e. The number of hydrogen-bond acceptors (Lipinski definition) is 2. The van der Waals surface area contributed by atoms with E-state index < -0.39 is 0 Å². The van der Waals surface area contributed by atoms with Crippen LogP contribution in [0.4, 0.5) is 0 Å². The molecule has 1 N–H and O–H groups in total. The first kappa shape index (κ1) is 14.3. The van der Waals surface area contributed by atoms with Gasteiger partial charge in [0.25, 0.3) is 0 Å². The Bertz CT molecular complexity index is 515. The van der Waals surface area contributed by atoms with Gasteiger partial charge in [-0.25, -0.2) is 0 Å². The molecule has 0 saturated heterocycles. The maximum atomic E-state index is 3.69. The molecule has 0 aliphatic carbocycles. The van der Waals surface area contributed by atoms with E-state index in [9.17, 15) is 0 Å². The molecule has 2 heteroatoms. The highest BCUT2D eigenvalue weighted by Crippen LogP contribution is 2.30. The molecule has 1 unspecified atom stereocenters. The van der Waals surface area contributed by atoms with Crippen molar-refractivity contribution >= 4 is 11.3 Å². The van der Waals surface area contributed by atoms with Crippen LogP contribution in [-0.4, -0.2) is 6.54 Å². The lowest BCUT2D eigenvalue weighted by Gasteiger charge is -2.19. The third kappa shape index (κ3) is 3.46. The van der Waals surface area contributed by atoms with Gasteiger partial charge in [-0.2, -0.15) is 0 Å². The first-order chi connectivity index (χ1) is 9.26. The first-order valence-electron chi connectivity index (χ1n) is 7.13. The Balaban J connectivity index is 2.32. The zero-order valence-electron chi connectivity index (χ0n) is 12.1. The number of nitrogens with one attached hydrogen (secondary N) is 1. The highest BCUT2D eigenvalue weighted by atomic mass is 32.1. The summed E-state index contributed by atoms with van der Waals surface area (Å²) in [6, 6.07) is 13.6. The smallest absolute Gasteiger partial charge is 0.0673 e. The van der Waals surface area contributed by atoms with Crippen LogP contribution < -0.4 is 5.32 Å². The zero-order valence-corrected chi connectivity index (χ0v) is 12.9. The molecule has 0 aliphatic heterocycles. The standard InChI is InChI=1S/C17H23NS/c1-4-12-18-17(15-9-7-6-8-13(15)3)16-11-10-14(5-2)19-16/h6-11,17-18H,4-5,12H2,1-3H3. The topological polar surface area (TPSA) is 12.0 Å². The summed E-state index contributed by atoms with van der Waals surface area (Å²) in [5, 5.41) is 3.69. The Labute approximate surface area is 120 Å². The van der Waals surface area contributed by atoms with Crippen LogP contribution in [0.25, 0.3) is 0 Å². The normalized spacial score (nSPS) is 12.6. The van der Waals surface area contributed by atoms with Gasteiger partial charge < -0.3 is 5.32 Å². The van der Waals surface area contributed by atoms with Crippen LogP contribution in [0.2, 0.25) is 0 Å². The third-order valence-corrected chi connectivity index (χ3v) is 4.71. The summed E-state index contributed by atoms with van der Waals surface area (Å²) < 4.78 is 0. The molecule has 19 heavy (non-hydrogen) atoms. The van der Waals surface area contributed by atoms with Crippen LogP contribution in [-0.2, 0) is 6.42 Å². The zero-order chi connectivity index (χ0) is 13.7. The number of hydrogen-bond donors (Lipinski definition) is 1. The molecule has 2 aromatic rings. The SMILES string of the molecule is CCCNC(c1ccc(CC)s1)c1ccccc1C. The Morgan fingerprint density at radius 2 is 1.89 bits per heavy atom. The average Bonchev–Trinajstić information content (AvgIpc) is 2.90. The number of benzene rings is 1. The van der Waals surface area contributed by atoms with Crippen molar-refractivity contribution in [1.29, 1.82) is 0 Å². The number of aryl methyl sites for hydroxylation is 2. The molecule has 0 aliphatic rings. The van der Waals surface area contributed by atoms with Gasteiger partial charge in [-0.3, -0.25) is 0 Å². The lowest BCUT2D eigenvalue weighted by Crippen LogP contribution is -2.23. The fraction of sp³-hybridized carbons (Fsp3) is 0.412. The van der Waals surface area contributed by atoms with E-state index in [0.29, 0.717) is 6.04 Å². The van der Waals surface area contributed by atoms with E-state index in [1.165, 1.54) is 20.9 Å². The van der Waals surface area contributed by atoms with Crippen LogP contribution in [0.1, 0.15) is 47.2 Å². The van der Waals surface area contributed by atoms with Crippen molar-refractivity contribution in [3.8, 4) is 0 Å². The fourth-order valence-corrected chi connectivity index (χ4v) is 3.35. The summed E-state index contributed by atoms with van der Waals surface area (Å²) in [4.78, 5) is 2.89. The minimum Gasteiger partial charge on any atom is -0.306 e. The maximum Gasteiger partial charge on any atom is 0.0673 e. The van der Waals surface area contributed by atoms with Gasteiger partial charge in [0.2, 0.25) is 0 Å². The molecule has 1 heterocycles. The summed E-state index contributed by atoms with van der Waals surface area (Å²) in [6.45, 7) is 7.69. The molecule has 1 atom stereocenters. The molecule has 1 aromatic carbocycles. The highest BCUT2D eigenvalue weighted by molar-refractivity contribution is 7.12. The Morgan fingerprint density at radius 1 is 1.11 bits per heavy atom. The molecule has 0 fully saturated rings. The average molecular weight is 273 g/mol. The molecule has 0 radical (unpaired) electrons. The Kier molecular flexibility index (Phi) is 5.17. The van der Waals surface area contributed by atoms with Crippen LogP contribution >= 0.6 is 11.3 Å². The van der Waals surface area contributed by atoms with E-state index in [2.05, 4.69) is 62.5 Å². The number of rotatable bonds is 6. The summed E-state index contributed by atoms with van der Waals surface area (Å²) in [5.74, 6) is 0. The summed E-state index contributed by atoms with van der Waals surface area (Å²) in [6.07, 6.45) is 2.29. The van der Waals surface area contributed by atoms with Gasteiger partial charge >= 0.3 is 0 Å². The lowest BCUT2D eigenvalue weighted by molar-refractivity contribution is 0.603. The van der Waals surface area contributed by atoms with Gasteiger partial charge in [0.05, 0.1) is 6.04 Å². The van der Waals surface area contributed by atoms with Crippen molar-refractivity contribution in [2.24, 2.45) is 0 Å². The molecular weight excluding hydrogens is 250 g/mol. The third-order valence-electron chi connectivity index (χ3n) is 3.41. The van der Waals surface area contributed by atoms with Crippen LogP contribution in [0.5, 0.6) is 0 Å². The van der Waals surface area contributed by atoms with Crippen molar-refractivity contribution in [3.05, 3.63) is 57.3 Å². The summed E-state index contributed by atoms with van der Waals surface area (Å²) >= 11 is 1.93. The molecule has 2 rings (SSSR count). The minimum atomic E-state index is 0.339. The van der Waals surface area contributed by atoms with E-state index >= 15 is 0 Å². The van der Waals surface area contributed by atoms with E-state index in [0.717, 1.165) is 19.4 Å². The van der Waals surface area contributed by atoms with Crippen LogP contribution in [0, 0.1) is 6.92 Å². The Morgan fingerprint density at radius 3 is 2.53 bits per heavy atom. The van der Waals surface area contributed by atoms with Crippen molar-refractivity contribution in [1.82, 2.24) is 5.32 Å². The molecule has 0 saturated carbocycles. The van der Waals surface area contributed by atoms with Crippen molar-refractivity contribution in [3.63, 3.8) is 0 Å². The van der Waals surface area contributed by atoms with Crippen molar-refractivity contribution in [2.75, 3.05) is 6.54 Å². The predicted octanol–water partition coefficient (Wildman–Crippen LogP) is 4.71. The predicted molar refractivity (Wildman–Crippen MR) is 85.0 cm³/mol. The van der Waals surface area contributed by atoms with E-state index in [4.69, 9.17) is 0 Å². The summed E-state index contributed by atoms with van der Waals surface area (Å²) in [5.41, 5.74) is 2.77. The van der Waals surface area contributed by atoms with Crippen molar-refractivity contribution < 1.29 is 0 Å². The summed E-state index contributed by atoms with van der Waals surface area (Å²) in [7, 11) is 0. The molecule has 0 bridgehead atoms. The van der Waals surface area contributed by atoms with E-state index in [-0.39, 0.29) is 0 Å². The van der Waals surface area contributed by atoms with Gasteiger partial charge in [0.15, 0.2) is 0 Å². The first-order valence-corrected chi connectivity index (χ1v) is 7.95. The van der Waals surface area contributed by atoms with Gasteiger partial charge in [-0.05, 0) is 49.6 Å². The minimum absolute atomic E-state index is 0.339. The van der Waals surface area contributed by atoms with Crippen LogP contribution in [0.15, 0.2) is 36.4 Å². The molecule has 0 amide bonds. The van der Waals surface area contributed by atoms with Crippen LogP contribution in [0.3, 0.4) is 0 Å². The van der Waals surface area contributed by atoms with Gasteiger partial charge in [-0.15, -0.1) is 11.3 Å². The monoisotopic (exact) mass is 273 g/mol. The second-order valence-electron chi connectivity index (χ2n) is 4.90. The molecule has 1 aromatic heterocycles. The van der Waals surface area contributed by atoms with E-state index in [1.54, 1.807) is 0 Å². The number of thiophene rings is 1. The van der Waals surface area contributed by atoms with Gasteiger partial charge in [0, 0.05) is 9.75 Å². The lowest BCUT2D eigenvalue weighted by atomic mass is 10.00.